The first-order valence-corrected chi connectivity index (χ1v) is 7.60. The first-order chi connectivity index (χ1) is 9.00. The lowest BCUT2D eigenvalue weighted by atomic mass is 9.86. The van der Waals surface area contributed by atoms with Gasteiger partial charge >= 0.3 is 0 Å². The second-order valence-electron chi connectivity index (χ2n) is 6.37. The molecule has 0 aliphatic rings. The molecule has 106 valence electrons. The highest BCUT2D eigenvalue weighted by molar-refractivity contribution is 5.97. The van der Waals surface area contributed by atoms with E-state index in [1.807, 2.05) is 30.3 Å². The average molecular weight is 260 g/mol. The van der Waals surface area contributed by atoms with E-state index in [-0.39, 0.29) is 5.92 Å². The van der Waals surface area contributed by atoms with Gasteiger partial charge in [-0.15, -0.1) is 0 Å². The normalized spacial score (nSPS) is 11.5. The Balaban J connectivity index is 2.68. The van der Waals surface area contributed by atoms with Crippen LogP contribution in [0.15, 0.2) is 30.3 Å². The lowest BCUT2D eigenvalue weighted by Gasteiger charge is -2.18. The smallest absolute Gasteiger partial charge is 0.165 e. The molecule has 1 rings (SSSR count). The fourth-order valence-corrected chi connectivity index (χ4v) is 2.31. The molecule has 1 aromatic rings. The second-order valence-corrected chi connectivity index (χ2v) is 6.37. The lowest BCUT2D eigenvalue weighted by molar-refractivity contribution is 0.0897. The zero-order valence-electron chi connectivity index (χ0n) is 12.9. The van der Waals surface area contributed by atoms with E-state index in [1.54, 1.807) is 0 Å². The fourth-order valence-electron chi connectivity index (χ4n) is 2.31. The Hall–Kier alpha value is -1.11. The Morgan fingerprint density at radius 2 is 1.32 bits per heavy atom. The molecule has 0 saturated heterocycles. The second kappa shape index (κ2) is 8.14. The third kappa shape index (κ3) is 6.04. The molecule has 0 fully saturated rings. The number of rotatable bonds is 8. The maximum atomic E-state index is 12.6. The van der Waals surface area contributed by atoms with Gasteiger partial charge in [-0.3, -0.25) is 4.79 Å². The Bertz CT molecular complexity index is 353. The molecule has 1 heteroatoms. The Kier molecular flexibility index (Phi) is 6.83. The summed E-state index contributed by atoms with van der Waals surface area (Å²) >= 11 is 0. The summed E-state index contributed by atoms with van der Waals surface area (Å²) in [5.41, 5.74) is 0.875. The third-order valence-corrected chi connectivity index (χ3v) is 3.61. The van der Waals surface area contributed by atoms with Gasteiger partial charge in [0.2, 0.25) is 0 Å². The number of carbonyl (C=O) groups is 1. The maximum absolute atomic E-state index is 12.6. The molecule has 0 unspecified atom stereocenters. The fraction of sp³-hybridized carbons (Fsp3) is 0.611. The minimum absolute atomic E-state index is 0.201. The van der Waals surface area contributed by atoms with Crippen LogP contribution in [0.5, 0.6) is 0 Å². The highest BCUT2D eigenvalue weighted by atomic mass is 16.1. The van der Waals surface area contributed by atoms with E-state index in [4.69, 9.17) is 0 Å². The van der Waals surface area contributed by atoms with Crippen LogP contribution in [-0.4, -0.2) is 5.78 Å². The molecule has 0 saturated carbocycles. The van der Waals surface area contributed by atoms with Crippen molar-refractivity contribution in [2.24, 2.45) is 17.8 Å². The van der Waals surface area contributed by atoms with Gasteiger partial charge in [0, 0.05) is 11.5 Å². The van der Waals surface area contributed by atoms with Crippen molar-refractivity contribution < 1.29 is 4.79 Å². The average Bonchev–Trinajstić information content (AvgIpc) is 2.38. The summed E-state index contributed by atoms with van der Waals surface area (Å²) in [6.45, 7) is 8.91. The van der Waals surface area contributed by atoms with Crippen molar-refractivity contribution >= 4 is 5.78 Å². The lowest BCUT2D eigenvalue weighted by Crippen LogP contribution is -2.16. The van der Waals surface area contributed by atoms with E-state index in [0.29, 0.717) is 17.6 Å². The highest BCUT2D eigenvalue weighted by Gasteiger charge is 2.20. The van der Waals surface area contributed by atoms with Crippen molar-refractivity contribution in [3.63, 3.8) is 0 Å². The van der Waals surface area contributed by atoms with Crippen molar-refractivity contribution in [1.82, 2.24) is 0 Å². The minimum Gasteiger partial charge on any atom is -0.294 e. The van der Waals surface area contributed by atoms with E-state index in [9.17, 15) is 4.79 Å². The van der Waals surface area contributed by atoms with Gasteiger partial charge in [0.15, 0.2) is 5.78 Å². The van der Waals surface area contributed by atoms with Crippen LogP contribution in [0.25, 0.3) is 0 Å². The van der Waals surface area contributed by atoms with Crippen LogP contribution in [0.1, 0.15) is 63.7 Å². The van der Waals surface area contributed by atoms with Crippen LogP contribution < -0.4 is 0 Å². The first-order valence-electron chi connectivity index (χ1n) is 7.60. The zero-order valence-corrected chi connectivity index (χ0v) is 12.9. The van der Waals surface area contributed by atoms with Crippen LogP contribution >= 0.6 is 0 Å². The molecule has 0 aliphatic carbocycles. The molecule has 1 nitrogen and oxygen atoms in total. The Morgan fingerprint density at radius 1 is 0.842 bits per heavy atom. The number of hydrogen-bond donors (Lipinski definition) is 0. The van der Waals surface area contributed by atoms with Crippen LogP contribution in [0.3, 0.4) is 0 Å². The molecule has 0 atom stereocenters. The van der Waals surface area contributed by atoms with Crippen LogP contribution in [0.2, 0.25) is 0 Å². The molecule has 0 heterocycles. The van der Waals surface area contributed by atoms with Gasteiger partial charge < -0.3 is 0 Å². The standard InChI is InChI=1S/C18H28O/c1-14(2)10-12-17(13-11-15(3)4)18(19)16-8-6-5-7-9-16/h5-9,14-15,17H,10-13H2,1-4H3. The van der Waals surface area contributed by atoms with Gasteiger partial charge in [-0.25, -0.2) is 0 Å². The van der Waals surface area contributed by atoms with Crippen LogP contribution in [-0.2, 0) is 0 Å². The highest BCUT2D eigenvalue weighted by Crippen LogP contribution is 2.23. The van der Waals surface area contributed by atoms with Crippen molar-refractivity contribution in [3.05, 3.63) is 35.9 Å². The molecule has 1 aromatic carbocycles. The van der Waals surface area contributed by atoms with Gasteiger partial charge in [-0.1, -0.05) is 70.9 Å². The van der Waals surface area contributed by atoms with E-state index in [1.165, 1.54) is 0 Å². The molecular formula is C18H28O. The Morgan fingerprint density at radius 3 is 1.74 bits per heavy atom. The summed E-state index contributed by atoms with van der Waals surface area (Å²) < 4.78 is 0. The van der Waals surface area contributed by atoms with Crippen LogP contribution in [0, 0.1) is 17.8 Å². The summed E-state index contributed by atoms with van der Waals surface area (Å²) in [5, 5.41) is 0. The zero-order chi connectivity index (χ0) is 14.3. The molecule has 0 bridgehead atoms. The van der Waals surface area contributed by atoms with Gasteiger partial charge in [-0.05, 0) is 24.7 Å². The largest absolute Gasteiger partial charge is 0.294 e. The van der Waals surface area contributed by atoms with Gasteiger partial charge in [-0.2, -0.15) is 0 Å². The van der Waals surface area contributed by atoms with Gasteiger partial charge in [0.25, 0.3) is 0 Å². The van der Waals surface area contributed by atoms with Gasteiger partial charge in [0.05, 0.1) is 0 Å². The van der Waals surface area contributed by atoms with Crippen LogP contribution in [0.4, 0.5) is 0 Å². The molecule has 0 aliphatic heterocycles. The van der Waals surface area contributed by atoms with E-state index in [2.05, 4.69) is 27.7 Å². The predicted octanol–water partition coefficient (Wildman–Crippen LogP) is 5.36. The predicted molar refractivity (Wildman–Crippen MR) is 82.4 cm³/mol. The quantitative estimate of drug-likeness (QED) is 0.575. The summed E-state index contributed by atoms with van der Waals surface area (Å²) in [4.78, 5) is 12.6. The van der Waals surface area contributed by atoms with Crippen molar-refractivity contribution in [2.45, 2.75) is 53.4 Å². The number of carbonyl (C=O) groups excluding carboxylic acids is 1. The first kappa shape index (κ1) is 15.9. The molecule has 0 aromatic heterocycles. The molecule has 0 amide bonds. The topological polar surface area (TPSA) is 17.1 Å². The molecule has 0 N–H and O–H groups in total. The van der Waals surface area contributed by atoms with E-state index >= 15 is 0 Å². The van der Waals surface area contributed by atoms with E-state index in [0.717, 1.165) is 31.2 Å². The third-order valence-electron chi connectivity index (χ3n) is 3.61. The van der Waals surface area contributed by atoms with Crippen molar-refractivity contribution in [2.75, 3.05) is 0 Å². The monoisotopic (exact) mass is 260 g/mol. The Labute approximate surface area is 118 Å². The summed E-state index contributed by atoms with van der Waals surface area (Å²) in [5.74, 6) is 1.88. The molecular weight excluding hydrogens is 232 g/mol. The molecule has 19 heavy (non-hydrogen) atoms. The summed E-state index contributed by atoms with van der Waals surface area (Å²) in [6.07, 6.45) is 4.33. The van der Waals surface area contributed by atoms with Crippen molar-refractivity contribution in [1.29, 1.82) is 0 Å². The molecule has 0 spiro atoms. The number of hydrogen-bond acceptors (Lipinski definition) is 1. The maximum Gasteiger partial charge on any atom is 0.165 e. The number of Topliss-reactive ketones (excluding diaryl/α,β-unsaturated/α-hetero) is 1. The molecule has 0 radical (unpaired) electrons. The SMILES string of the molecule is CC(C)CCC(CCC(C)C)C(=O)c1ccccc1. The van der Waals surface area contributed by atoms with E-state index < -0.39 is 0 Å². The number of benzene rings is 1. The summed E-state index contributed by atoms with van der Waals surface area (Å²) in [7, 11) is 0. The number of ketones is 1. The minimum atomic E-state index is 0.201. The summed E-state index contributed by atoms with van der Waals surface area (Å²) in [6, 6.07) is 9.76. The van der Waals surface area contributed by atoms with Gasteiger partial charge in [0.1, 0.15) is 0 Å². The van der Waals surface area contributed by atoms with Crippen molar-refractivity contribution in [3.8, 4) is 0 Å².